The van der Waals surface area contributed by atoms with Gasteiger partial charge in [0, 0.05) is 7.05 Å². The Kier molecular flexibility index (Phi) is 5.24. The molecule has 6 nitrogen and oxygen atoms in total. The fourth-order valence-corrected chi connectivity index (χ4v) is 6.38. The number of amidine groups is 1. The minimum Gasteiger partial charge on any atom is -0.331 e. The van der Waals surface area contributed by atoms with E-state index in [9.17, 15) is 4.39 Å². The first-order valence-electron chi connectivity index (χ1n) is 8.21. The van der Waals surface area contributed by atoms with Crippen LogP contribution in [0.2, 0.25) is 0 Å². The molecule has 0 spiro atoms. The second-order valence-electron chi connectivity index (χ2n) is 5.77. The Labute approximate surface area is 157 Å². The topological polar surface area (TPSA) is 66.4 Å². The van der Waals surface area contributed by atoms with Crippen LogP contribution in [-0.2, 0) is 22.9 Å². The van der Waals surface area contributed by atoms with E-state index in [2.05, 4.69) is 16.2 Å². The summed E-state index contributed by atoms with van der Waals surface area (Å²) in [4.78, 5) is 4.68. The first-order chi connectivity index (χ1) is 12.4. The van der Waals surface area contributed by atoms with Crippen molar-refractivity contribution in [2.45, 2.75) is 26.8 Å². The average Bonchev–Trinajstić information content (AvgIpc) is 2.93. The smallest absolute Gasteiger partial charge is 0.192 e. The lowest BCUT2D eigenvalue weighted by Gasteiger charge is -2.36. The zero-order valence-corrected chi connectivity index (χ0v) is 16.5. The van der Waals surface area contributed by atoms with E-state index >= 15 is 0 Å². The predicted molar refractivity (Wildman–Crippen MR) is 103 cm³/mol. The highest BCUT2D eigenvalue weighted by Crippen LogP contribution is 2.55. The summed E-state index contributed by atoms with van der Waals surface area (Å²) < 4.78 is 23.9. The first-order valence-corrected chi connectivity index (χ1v) is 10.9. The normalized spacial score (nSPS) is 19.0. The lowest BCUT2D eigenvalue weighted by Crippen LogP contribution is -2.35. The van der Waals surface area contributed by atoms with Crippen LogP contribution >= 0.6 is 6.42 Å². The molecule has 0 N–H and O–H groups in total. The first kappa shape index (κ1) is 18.7. The molecule has 1 aliphatic heterocycles. The highest BCUT2D eigenvalue weighted by molar-refractivity contribution is 8.15. The van der Waals surface area contributed by atoms with Gasteiger partial charge < -0.3 is 9.19 Å². The molecular formula is C17H19FN5OPS. The SMILES string of the molecule is CCO[P@@]1(=S)c2c(C)nn(CCC#N)c2N=C(c2ccccc2F)N1C. The van der Waals surface area contributed by atoms with Crippen LogP contribution in [0.25, 0.3) is 0 Å². The van der Waals surface area contributed by atoms with Crippen molar-refractivity contribution in [2.24, 2.45) is 4.99 Å². The zero-order valence-electron chi connectivity index (χ0n) is 14.8. The van der Waals surface area contributed by atoms with Crippen molar-refractivity contribution in [1.29, 1.82) is 5.26 Å². The molecule has 0 saturated heterocycles. The Balaban J connectivity index is 2.27. The second kappa shape index (κ2) is 7.28. The molecule has 0 saturated carbocycles. The molecule has 0 bridgehead atoms. The number of benzene rings is 1. The summed E-state index contributed by atoms with van der Waals surface area (Å²) in [7, 11) is 1.79. The van der Waals surface area contributed by atoms with E-state index < -0.39 is 6.42 Å². The molecule has 2 aromatic rings. The summed E-state index contributed by atoms with van der Waals surface area (Å²) in [6.07, 6.45) is -2.38. The monoisotopic (exact) mass is 391 g/mol. The van der Waals surface area contributed by atoms with Gasteiger partial charge in [-0.25, -0.2) is 14.1 Å². The standard InChI is InChI=1S/C17H19FN5OPS/c1-4-24-25(26)15-12(2)21-23(11-7-10-19)17(15)20-16(22(25)3)13-8-5-6-9-14(13)18/h5-6,8-9H,4,7,11H2,1-3H3/t25-/m1/s1. The highest BCUT2D eigenvalue weighted by atomic mass is 32.4. The van der Waals surface area contributed by atoms with Gasteiger partial charge in [0.05, 0.1) is 42.2 Å². The van der Waals surface area contributed by atoms with E-state index in [0.717, 1.165) is 11.0 Å². The Hall–Kier alpha value is -2.07. The van der Waals surface area contributed by atoms with E-state index in [0.29, 0.717) is 36.8 Å². The lowest BCUT2D eigenvalue weighted by atomic mass is 10.2. The summed E-state index contributed by atoms with van der Waals surface area (Å²) in [5, 5.41) is 14.2. The molecule has 1 aromatic carbocycles. The summed E-state index contributed by atoms with van der Waals surface area (Å²) in [5.74, 6) is 0.607. The highest BCUT2D eigenvalue weighted by Gasteiger charge is 2.40. The lowest BCUT2D eigenvalue weighted by molar-refractivity contribution is 0.362. The fourth-order valence-electron chi connectivity index (χ4n) is 2.96. The number of hydrogen-bond donors (Lipinski definition) is 0. The third-order valence-corrected chi connectivity index (χ3v) is 8.39. The van der Waals surface area contributed by atoms with Crippen LogP contribution in [-0.4, -0.2) is 33.9 Å². The van der Waals surface area contributed by atoms with Crippen LogP contribution in [0.15, 0.2) is 29.3 Å². The maximum Gasteiger partial charge on any atom is 0.192 e. The van der Waals surface area contributed by atoms with Crippen molar-refractivity contribution in [3.8, 4) is 6.07 Å². The van der Waals surface area contributed by atoms with Gasteiger partial charge in [-0.15, -0.1) is 0 Å². The number of aliphatic imine (C=N–C) groups is 1. The Morgan fingerprint density at radius 1 is 1.38 bits per heavy atom. The van der Waals surface area contributed by atoms with Gasteiger partial charge in [0.15, 0.2) is 12.2 Å². The Bertz CT molecular complexity index is 965. The molecule has 9 heteroatoms. The number of aryl methyl sites for hydroxylation is 2. The molecule has 0 fully saturated rings. The summed E-state index contributed by atoms with van der Waals surface area (Å²) in [6, 6.07) is 8.56. The Morgan fingerprint density at radius 3 is 2.77 bits per heavy atom. The number of fused-ring (bicyclic) bond motifs is 1. The van der Waals surface area contributed by atoms with E-state index in [4.69, 9.17) is 21.6 Å². The van der Waals surface area contributed by atoms with E-state index in [1.54, 1.807) is 34.6 Å². The fraction of sp³-hybridized carbons (Fsp3) is 0.353. The third-order valence-electron chi connectivity index (χ3n) is 4.12. The van der Waals surface area contributed by atoms with Gasteiger partial charge in [0.2, 0.25) is 0 Å². The number of nitriles is 1. The van der Waals surface area contributed by atoms with Gasteiger partial charge in [-0.05, 0) is 37.8 Å². The summed E-state index contributed by atoms with van der Waals surface area (Å²) >= 11 is 5.96. The molecule has 0 amide bonds. The summed E-state index contributed by atoms with van der Waals surface area (Å²) in [5.41, 5.74) is 1.10. The number of halogens is 1. The van der Waals surface area contributed by atoms with Crippen LogP contribution in [0.1, 0.15) is 24.6 Å². The summed E-state index contributed by atoms with van der Waals surface area (Å²) in [6.45, 7) is 4.56. The van der Waals surface area contributed by atoms with E-state index in [-0.39, 0.29) is 5.82 Å². The quantitative estimate of drug-likeness (QED) is 0.732. The van der Waals surface area contributed by atoms with Crippen molar-refractivity contribution >= 4 is 35.2 Å². The van der Waals surface area contributed by atoms with Crippen LogP contribution in [0, 0.1) is 24.1 Å². The maximum absolute atomic E-state index is 14.4. The number of hydrogen-bond acceptors (Lipinski definition) is 5. The van der Waals surface area contributed by atoms with E-state index in [1.807, 2.05) is 13.8 Å². The van der Waals surface area contributed by atoms with Crippen molar-refractivity contribution in [2.75, 3.05) is 13.7 Å². The van der Waals surface area contributed by atoms with Gasteiger partial charge in [0.25, 0.3) is 0 Å². The molecule has 1 atom stereocenters. The van der Waals surface area contributed by atoms with Crippen molar-refractivity contribution in [3.05, 3.63) is 41.3 Å². The predicted octanol–water partition coefficient (Wildman–Crippen LogP) is 3.24. The maximum atomic E-state index is 14.4. The van der Waals surface area contributed by atoms with Crippen molar-refractivity contribution in [1.82, 2.24) is 14.5 Å². The molecule has 3 rings (SSSR count). The number of rotatable bonds is 5. The molecule has 26 heavy (non-hydrogen) atoms. The van der Waals surface area contributed by atoms with Gasteiger partial charge in [0.1, 0.15) is 11.7 Å². The average molecular weight is 391 g/mol. The number of aromatic nitrogens is 2. The minimum atomic E-state index is -2.68. The van der Waals surface area contributed by atoms with Gasteiger partial charge >= 0.3 is 0 Å². The zero-order chi connectivity index (χ0) is 18.9. The van der Waals surface area contributed by atoms with Crippen molar-refractivity contribution in [3.63, 3.8) is 0 Å². The number of nitrogens with zero attached hydrogens (tertiary/aromatic N) is 5. The molecule has 0 aliphatic carbocycles. The van der Waals surface area contributed by atoms with Crippen LogP contribution in [0.5, 0.6) is 0 Å². The molecule has 1 aliphatic rings. The van der Waals surface area contributed by atoms with Crippen molar-refractivity contribution < 1.29 is 8.91 Å². The molecule has 0 unspecified atom stereocenters. The van der Waals surface area contributed by atoms with Gasteiger partial charge in [-0.3, -0.25) is 0 Å². The van der Waals surface area contributed by atoms with Gasteiger partial charge in [-0.2, -0.15) is 10.4 Å². The largest absolute Gasteiger partial charge is 0.331 e. The minimum absolute atomic E-state index is 0.297. The van der Waals surface area contributed by atoms with Crippen LogP contribution in [0.3, 0.4) is 0 Å². The van der Waals surface area contributed by atoms with Gasteiger partial charge in [-0.1, -0.05) is 12.1 Å². The third kappa shape index (κ3) is 2.96. The van der Waals surface area contributed by atoms with E-state index in [1.165, 1.54) is 6.07 Å². The Morgan fingerprint density at radius 2 is 2.12 bits per heavy atom. The molecule has 136 valence electrons. The molecule has 0 radical (unpaired) electrons. The van der Waals surface area contributed by atoms with Crippen LogP contribution < -0.4 is 5.30 Å². The molecular weight excluding hydrogens is 372 g/mol. The molecule has 1 aromatic heterocycles. The van der Waals surface area contributed by atoms with Crippen LogP contribution in [0.4, 0.5) is 10.2 Å². The molecule has 2 heterocycles. The second-order valence-corrected chi connectivity index (χ2v) is 9.60.